The van der Waals surface area contributed by atoms with Gasteiger partial charge in [-0.25, -0.2) is 4.39 Å². The molecule has 0 N–H and O–H groups in total. The van der Waals surface area contributed by atoms with Crippen LogP contribution in [0, 0.1) is 5.82 Å². The van der Waals surface area contributed by atoms with E-state index in [1.54, 1.807) is 12.1 Å². The van der Waals surface area contributed by atoms with E-state index in [1.165, 1.54) is 12.1 Å². The minimum absolute atomic E-state index is 0.260. The van der Waals surface area contributed by atoms with Crippen LogP contribution >= 0.6 is 15.9 Å². The van der Waals surface area contributed by atoms with Crippen LogP contribution in [-0.2, 0) is 16.0 Å². The first-order valence-electron chi connectivity index (χ1n) is 5.95. The summed E-state index contributed by atoms with van der Waals surface area (Å²) in [5.74, 6) is -0.523. The summed E-state index contributed by atoms with van der Waals surface area (Å²) in [5.41, 5.74) is 0.340. The number of hydrogen-bond acceptors (Lipinski definition) is 2. The molecule has 1 aromatic carbocycles. The number of carbonyl (C=O) groups is 1. The van der Waals surface area contributed by atoms with Crippen molar-refractivity contribution >= 4 is 21.9 Å². The van der Waals surface area contributed by atoms with Gasteiger partial charge in [0.15, 0.2) is 0 Å². The lowest BCUT2D eigenvalue weighted by molar-refractivity contribution is -0.155. The number of ether oxygens (including phenoxy) is 1. The van der Waals surface area contributed by atoms with Gasteiger partial charge in [0, 0.05) is 6.42 Å². The Hall–Kier alpha value is -0.900. The average Bonchev–Trinajstić information content (AvgIpc) is 2.30. The van der Waals surface area contributed by atoms with Crippen LogP contribution in [0.1, 0.15) is 32.8 Å². The Balaban J connectivity index is 2.64. The molecule has 0 spiro atoms. The van der Waals surface area contributed by atoms with E-state index in [4.69, 9.17) is 4.74 Å². The molecule has 0 saturated heterocycles. The van der Waals surface area contributed by atoms with Crippen LogP contribution in [0.4, 0.5) is 4.39 Å². The monoisotopic (exact) mass is 316 g/mol. The van der Waals surface area contributed by atoms with Crippen molar-refractivity contribution in [3.8, 4) is 0 Å². The number of esters is 1. The van der Waals surface area contributed by atoms with Gasteiger partial charge < -0.3 is 4.74 Å². The first-order chi connectivity index (χ1) is 8.34. The summed E-state index contributed by atoms with van der Waals surface area (Å²) in [6, 6.07) is 6.23. The molecule has 4 heteroatoms. The molecule has 0 aliphatic carbocycles. The molecule has 0 aliphatic heterocycles. The zero-order valence-corrected chi connectivity index (χ0v) is 12.5. The lowest BCUT2D eigenvalue weighted by Gasteiger charge is -2.26. The number of rotatable bonds is 5. The van der Waals surface area contributed by atoms with Crippen molar-refractivity contribution in [2.45, 2.75) is 44.0 Å². The summed E-state index contributed by atoms with van der Waals surface area (Å²) < 4.78 is 18.2. The molecule has 0 heterocycles. The van der Waals surface area contributed by atoms with Crippen molar-refractivity contribution in [3.63, 3.8) is 0 Å². The molecule has 1 rings (SSSR count). The Morgan fingerprint density at radius 3 is 2.44 bits per heavy atom. The predicted molar refractivity (Wildman–Crippen MR) is 73.3 cm³/mol. The fourth-order valence-electron chi connectivity index (χ4n) is 1.63. The molecule has 1 aromatic rings. The standard InChI is InChI=1S/C14H18BrFO2/c1-4-12(15)13(17)18-14(2,3)9-10-5-7-11(16)8-6-10/h5-8,12H,4,9H2,1-3H3. The number of carbonyl (C=O) groups excluding carboxylic acids is 1. The van der Waals surface area contributed by atoms with Gasteiger partial charge in [0.25, 0.3) is 0 Å². The van der Waals surface area contributed by atoms with E-state index >= 15 is 0 Å². The van der Waals surface area contributed by atoms with Crippen LogP contribution in [0.3, 0.4) is 0 Å². The van der Waals surface area contributed by atoms with Crippen molar-refractivity contribution in [2.75, 3.05) is 0 Å². The van der Waals surface area contributed by atoms with Crippen LogP contribution in [0.2, 0.25) is 0 Å². The lowest BCUT2D eigenvalue weighted by Crippen LogP contribution is -2.33. The zero-order valence-electron chi connectivity index (χ0n) is 10.9. The number of alkyl halides is 1. The first kappa shape index (κ1) is 15.2. The molecule has 0 radical (unpaired) electrons. The van der Waals surface area contributed by atoms with Crippen molar-refractivity contribution < 1.29 is 13.9 Å². The molecule has 1 atom stereocenters. The second-order valence-electron chi connectivity index (χ2n) is 4.86. The van der Waals surface area contributed by atoms with Crippen molar-refractivity contribution in [2.24, 2.45) is 0 Å². The van der Waals surface area contributed by atoms with Crippen molar-refractivity contribution in [3.05, 3.63) is 35.6 Å². The van der Waals surface area contributed by atoms with Gasteiger partial charge in [-0.15, -0.1) is 0 Å². The summed E-state index contributed by atoms with van der Waals surface area (Å²) in [5, 5.41) is 0. The maximum atomic E-state index is 12.8. The third-order valence-corrected chi connectivity index (χ3v) is 3.56. The molecule has 2 nitrogen and oxygen atoms in total. The first-order valence-corrected chi connectivity index (χ1v) is 6.87. The Kier molecular flexibility index (Phi) is 5.32. The van der Waals surface area contributed by atoms with E-state index in [2.05, 4.69) is 15.9 Å². The molecule has 0 saturated carbocycles. The molecular weight excluding hydrogens is 299 g/mol. The van der Waals surface area contributed by atoms with Gasteiger partial charge >= 0.3 is 5.97 Å². The number of benzene rings is 1. The summed E-state index contributed by atoms with van der Waals surface area (Å²) in [4.78, 5) is 11.4. The molecule has 0 aliphatic rings. The average molecular weight is 317 g/mol. The van der Waals surface area contributed by atoms with Gasteiger partial charge in [0.2, 0.25) is 0 Å². The Bertz CT molecular complexity index is 401. The smallest absolute Gasteiger partial charge is 0.320 e. The van der Waals surface area contributed by atoms with Crippen LogP contribution in [0.25, 0.3) is 0 Å². The maximum absolute atomic E-state index is 12.8. The molecule has 100 valence electrons. The Morgan fingerprint density at radius 1 is 1.39 bits per heavy atom. The maximum Gasteiger partial charge on any atom is 0.320 e. The number of halogens is 2. The third kappa shape index (κ3) is 4.77. The van der Waals surface area contributed by atoms with Crippen LogP contribution in [0.15, 0.2) is 24.3 Å². The topological polar surface area (TPSA) is 26.3 Å². The molecule has 1 unspecified atom stereocenters. The van der Waals surface area contributed by atoms with Gasteiger partial charge in [0.1, 0.15) is 16.2 Å². The van der Waals surface area contributed by atoms with Gasteiger partial charge in [-0.05, 0) is 38.0 Å². The summed E-state index contributed by atoms with van der Waals surface area (Å²) in [7, 11) is 0. The van der Waals surface area contributed by atoms with Crippen LogP contribution in [-0.4, -0.2) is 16.4 Å². The Labute approximate surface area is 116 Å². The minimum atomic E-state index is -0.601. The number of hydrogen-bond donors (Lipinski definition) is 0. The molecule has 0 bridgehead atoms. The summed E-state index contributed by atoms with van der Waals surface area (Å²) in [6.45, 7) is 5.61. The van der Waals surface area contributed by atoms with Gasteiger partial charge in [0.05, 0.1) is 0 Å². The van der Waals surface area contributed by atoms with Crippen molar-refractivity contribution in [1.29, 1.82) is 0 Å². The zero-order chi connectivity index (χ0) is 13.8. The van der Waals surface area contributed by atoms with E-state index < -0.39 is 5.60 Å². The lowest BCUT2D eigenvalue weighted by atomic mass is 9.98. The molecular formula is C14H18BrFO2. The van der Waals surface area contributed by atoms with Crippen LogP contribution < -0.4 is 0 Å². The highest BCUT2D eigenvalue weighted by Crippen LogP contribution is 2.20. The molecule has 0 aromatic heterocycles. The molecule has 18 heavy (non-hydrogen) atoms. The highest BCUT2D eigenvalue weighted by atomic mass is 79.9. The van der Waals surface area contributed by atoms with Gasteiger partial charge in [-0.2, -0.15) is 0 Å². The quantitative estimate of drug-likeness (QED) is 0.609. The molecule has 0 fully saturated rings. The highest BCUT2D eigenvalue weighted by molar-refractivity contribution is 9.10. The van der Waals surface area contributed by atoms with Crippen molar-refractivity contribution in [1.82, 2.24) is 0 Å². The SMILES string of the molecule is CCC(Br)C(=O)OC(C)(C)Cc1ccc(F)cc1. The van der Waals surface area contributed by atoms with Gasteiger partial charge in [-0.3, -0.25) is 4.79 Å². The van der Waals surface area contributed by atoms with Crippen LogP contribution in [0.5, 0.6) is 0 Å². The predicted octanol–water partition coefficient (Wildman–Crippen LogP) is 3.86. The second-order valence-corrected chi connectivity index (χ2v) is 5.97. The highest BCUT2D eigenvalue weighted by Gasteiger charge is 2.26. The van der Waals surface area contributed by atoms with E-state index in [-0.39, 0.29) is 16.6 Å². The summed E-state index contributed by atoms with van der Waals surface area (Å²) in [6.07, 6.45) is 1.24. The van der Waals surface area contributed by atoms with E-state index in [9.17, 15) is 9.18 Å². The summed E-state index contributed by atoms with van der Waals surface area (Å²) >= 11 is 3.27. The Morgan fingerprint density at radius 2 is 1.94 bits per heavy atom. The van der Waals surface area contributed by atoms with E-state index in [0.29, 0.717) is 12.8 Å². The fourth-order valence-corrected chi connectivity index (χ4v) is 1.73. The third-order valence-electron chi connectivity index (χ3n) is 2.53. The van der Waals surface area contributed by atoms with Gasteiger partial charge in [-0.1, -0.05) is 35.0 Å². The van der Waals surface area contributed by atoms with E-state index in [0.717, 1.165) is 5.56 Å². The van der Waals surface area contributed by atoms with E-state index in [1.807, 2.05) is 20.8 Å². The second kappa shape index (κ2) is 6.32. The minimum Gasteiger partial charge on any atom is -0.458 e. The molecule has 0 amide bonds. The fraction of sp³-hybridized carbons (Fsp3) is 0.500. The normalized spacial score (nSPS) is 13.2. The largest absolute Gasteiger partial charge is 0.458 e.